The van der Waals surface area contributed by atoms with Gasteiger partial charge in [-0.2, -0.15) is 0 Å². The zero-order chi connectivity index (χ0) is 22.6. The molecule has 1 fully saturated rings. The third-order valence-corrected chi connectivity index (χ3v) is 6.20. The van der Waals surface area contributed by atoms with E-state index in [1.54, 1.807) is 0 Å². The molecule has 6 atom stereocenters. The number of nitrogens with two attached hydrogens (primary N) is 1. The minimum Gasteiger partial charge on any atom is -0.396 e. The number of aromatic nitrogens is 3. The lowest BCUT2D eigenvalue weighted by Crippen LogP contribution is -2.65. The molecule has 1 saturated carbocycles. The van der Waals surface area contributed by atoms with Crippen molar-refractivity contribution in [2.75, 3.05) is 19.7 Å². The molecule has 1 aliphatic carbocycles. The SMILES string of the molecule is NCCCCc1cn(CCCCCCCCN[C@@H]2[C@@H](O)[C@H](O)[C@@H](O)[C@H](O)[C@H]2CO)nn1. The fraction of sp³-hybridized carbons (Fsp3) is 0.905. The van der Waals surface area contributed by atoms with Crippen LogP contribution < -0.4 is 11.1 Å². The van der Waals surface area contributed by atoms with Gasteiger partial charge in [-0.3, -0.25) is 4.68 Å². The van der Waals surface area contributed by atoms with Crippen molar-refractivity contribution in [3.8, 4) is 0 Å². The third kappa shape index (κ3) is 8.05. The van der Waals surface area contributed by atoms with Gasteiger partial charge in [0.1, 0.15) is 12.2 Å². The first kappa shape index (κ1) is 26.1. The van der Waals surface area contributed by atoms with E-state index in [0.29, 0.717) is 13.1 Å². The fourth-order valence-corrected chi connectivity index (χ4v) is 4.22. The molecule has 0 radical (unpaired) electrons. The molecular formula is C21H41N5O5. The van der Waals surface area contributed by atoms with Crippen molar-refractivity contribution >= 4 is 0 Å². The molecule has 10 heteroatoms. The Morgan fingerprint density at radius 1 is 0.871 bits per heavy atom. The smallest absolute Gasteiger partial charge is 0.110 e. The molecule has 1 aliphatic rings. The van der Waals surface area contributed by atoms with E-state index in [2.05, 4.69) is 15.6 Å². The molecule has 31 heavy (non-hydrogen) atoms. The summed E-state index contributed by atoms with van der Waals surface area (Å²) in [6, 6.07) is -0.652. The Labute approximate surface area is 184 Å². The molecule has 0 aromatic carbocycles. The van der Waals surface area contributed by atoms with Crippen LogP contribution in [0.1, 0.15) is 57.1 Å². The molecule has 0 aliphatic heterocycles. The number of aryl methyl sites for hydroxylation is 2. The fourth-order valence-electron chi connectivity index (χ4n) is 4.22. The van der Waals surface area contributed by atoms with E-state index in [9.17, 15) is 25.5 Å². The maximum Gasteiger partial charge on any atom is 0.110 e. The highest BCUT2D eigenvalue weighted by Crippen LogP contribution is 2.26. The van der Waals surface area contributed by atoms with E-state index < -0.39 is 36.4 Å². The molecule has 1 aromatic rings. The largest absolute Gasteiger partial charge is 0.396 e. The first-order chi connectivity index (χ1) is 15.0. The van der Waals surface area contributed by atoms with Crippen LogP contribution in [0.15, 0.2) is 6.20 Å². The van der Waals surface area contributed by atoms with Crippen LogP contribution in [-0.2, 0) is 13.0 Å². The minimum absolute atomic E-state index is 0.374. The van der Waals surface area contributed by atoms with Crippen molar-refractivity contribution in [3.63, 3.8) is 0 Å². The molecule has 8 N–H and O–H groups in total. The highest BCUT2D eigenvalue weighted by Gasteiger charge is 2.48. The van der Waals surface area contributed by atoms with Crippen molar-refractivity contribution in [3.05, 3.63) is 11.9 Å². The Bertz CT molecular complexity index is 604. The van der Waals surface area contributed by atoms with E-state index in [4.69, 9.17) is 5.73 Å². The number of unbranched alkanes of at least 4 members (excludes halogenated alkanes) is 6. The molecule has 180 valence electrons. The van der Waals surface area contributed by atoms with Gasteiger partial charge in [-0.1, -0.05) is 30.9 Å². The number of hydrogen-bond acceptors (Lipinski definition) is 9. The van der Waals surface area contributed by atoms with Gasteiger partial charge in [0.05, 0.1) is 24.5 Å². The second-order valence-corrected chi connectivity index (χ2v) is 8.63. The van der Waals surface area contributed by atoms with Gasteiger partial charge in [-0.25, -0.2) is 0 Å². The monoisotopic (exact) mass is 443 g/mol. The van der Waals surface area contributed by atoms with E-state index in [0.717, 1.165) is 70.0 Å². The van der Waals surface area contributed by atoms with Gasteiger partial charge in [0, 0.05) is 24.7 Å². The summed E-state index contributed by atoms with van der Waals surface area (Å²) >= 11 is 0. The number of aliphatic hydroxyl groups is 5. The maximum absolute atomic E-state index is 10.2. The van der Waals surface area contributed by atoms with Crippen molar-refractivity contribution in [1.29, 1.82) is 0 Å². The number of nitrogens with zero attached hydrogens (tertiary/aromatic N) is 3. The van der Waals surface area contributed by atoms with E-state index in [1.807, 2.05) is 10.9 Å². The van der Waals surface area contributed by atoms with Crippen molar-refractivity contribution in [2.24, 2.45) is 11.7 Å². The third-order valence-electron chi connectivity index (χ3n) is 6.20. The Hall–Kier alpha value is -1.14. The lowest BCUT2D eigenvalue weighted by molar-refractivity contribution is -0.176. The Morgan fingerprint density at radius 2 is 1.55 bits per heavy atom. The first-order valence-corrected chi connectivity index (χ1v) is 11.6. The summed E-state index contributed by atoms with van der Waals surface area (Å²) in [4.78, 5) is 0. The van der Waals surface area contributed by atoms with Crippen LogP contribution in [-0.4, -0.2) is 90.7 Å². The number of hydrogen-bond donors (Lipinski definition) is 7. The molecular weight excluding hydrogens is 402 g/mol. The topological polar surface area (TPSA) is 170 Å². The summed E-state index contributed by atoms with van der Waals surface area (Å²) in [6.45, 7) is 1.83. The molecule has 0 unspecified atom stereocenters. The second kappa shape index (κ2) is 14.1. The number of nitrogens with one attached hydrogen (secondary N) is 1. The normalized spacial score (nSPS) is 28.8. The van der Waals surface area contributed by atoms with Crippen LogP contribution in [0.4, 0.5) is 0 Å². The molecule has 0 amide bonds. The zero-order valence-corrected chi connectivity index (χ0v) is 18.4. The zero-order valence-electron chi connectivity index (χ0n) is 18.4. The molecule has 1 aromatic heterocycles. The van der Waals surface area contributed by atoms with Gasteiger partial charge in [-0.15, -0.1) is 5.10 Å². The van der Waals surface area contributed by atoms with Gasteiger partial charge in [0.15, 0.2) is 0 Å². The standard InChI is InChI=1S/C21H41N5O5/c22-10-6-5-9-15-13-26(25-24-15)12-8-4-2-1-3-7-11-23-17-16(14-27)18(28)20(30)21(31)19(17)29/h13,16-21,23,27-31H,1-12,14,22H2/t16-,17-,18+,19+,20-,21-/m0/s1. The lowest BCUT2D eigenvalue weighted by Gasteiger charge is -2.44. The van der Waals surface area contributed by atoms with Crippen LogP contribution in [0.2, 0.25) is 0 Å². The predicted molar refractivity (Wildman–Crippen MR) is 116 cm³/mol. The van der Waals surface area contributed by atoms with Crippen LogP contribution in [0.25, 0.3) is 0 Å². The molecule has 0 saturated heterocycles. The van der Waals surface area contributed by atoms with E-state index >= 15 is 0 Å². The van der Waals surface area contributed by atoms with Crippen molar-refractivity contribution in [2.45, 2.75) is 94.8 Å². The van der Waals surface area contributed by atoms with E-state index in [1.165, 1.54) is 0 Å². The predicted octanol–water partition coefficient (Wildman–Crippen LogP) is -1.08. The minimum atomic E-state index is -1.45. The highest BCUT2D eigenvalue weighted by molar-refractivity contribution is 5.01. The second-order valence-electron chi connectivity index (χ2n) is 8.63. The maximum atomic E-state index is 10.2. The Balaban J connectivity index is 1.52. The van der Waals surface area contributed by atoms with Crippen molar-refractivity contribution in [1.82, 2.24) is 20.3 Å². The quantitative estimate of drug-likeness (QED) is 0.167. The van der Waals surface area contributed by atoms with Crippen LogP contribution in [0, 0.1) is 5.92 Å². The summed E-state index contributed by atoms with van der Waals surface area (Å²) in [7, 11) is 0. The molecule has 10 nitrogen and oxygen atoms in total. The first-order valence-electron chi connectivity index (χ1n) is 11.6. The summed E-state index contributed by atoms with van der Waals surface area (Å²) in [5.41, 5.74) is 6.53. The Kier molecular flexibility index (Phi) is 11.9. The van der Waals surface area contributed by atoms with Gasteiger partial charge in [0.2, 0.25) is 0 Å². The van der Waals surface area contributed by atoms with Gasteiger partial charge in [0.25, 0.3) is 0 Å². The van der Waals surface area contributed by atoms with Gasteiger partial charge < -0.3 is 36.6 Å². The molecule has 0 bridgehead atoms. The summed E-state index contributed by atoms with van der Waals surface area (Å²) in [6.07, 6.45) is 5.98. The average molecular weight is 444 g/mol. The molecule has 0 spiro atoms. The molecule has 2 rings (SSSR count). The Morgan fingerprint density at radius 3 is 2.26 bits per heavy atom. The van der Waals surface area contributed by atoms with Crippen LogP contribution in [0.5, 0.6) is 0 Å². The van der Waals surface area contributed by atoms with Crippen LogP contribution >= 0.6 is 0 Å². The van der Waals surface area contributed by atoms with E-state index in [-0.39, 0.29) is 6.61 Å². The summed E-state index contributed by atoms with van der Waals surface area (Å²) < 4.78 is 1.91. The lowest BCUT2D eigenvalue weighted by atomic mass is 9.77. The highest BCUT2D eigenvalue weighted by atomic mass is 16.4. The van der Waals surface area contributed by atoms with Gasteiger partial charge >= 0.3 is 0 Å². The summed E-state index contributed by atoms with van der Waals surface area (Å²) in [5.74, 6) is -0.716. The van der Waals surface area contributed by atoms with Gasteiger partial charge in [-0.05, 0) is 45.2 Å². The van der Waals surface area contributed by atoms with Crippen LogP contribution in [0.3, 0.4) is 0 Å². The number of rotatable bonds is 15. The average Bonchev–Trinajstić information content (AvgIpc) is 3.22. The summed E-state index contributed by atoms with van der Waals surface area (Å²) in [5, 5.41) is 60.8. The van der Waals surface area contributed by atoms with Crippen molar-refractivity contribution < 1.29 is 25.5 Å². The number of aliphatic hydroxyl groups excluding tert-OH is 5. The molecule has 1 heterocycles.